The average Bonchev–Trinajstić information content (AvgIpc) is 2.91. The molecule has 3 aromatic rings. The molecule has 0 fully saturated rings. The van der Waals surface area contributed by atoms with Gasteiger partial charge in [0.1, 0.15) is 12.6 Å². The van der Waals surface area contributed by atoms with Gasteiger partial charge in [-0.05, 0) is 68.3 Å². The first kappa shape index (κ1) is 29.5. The van der Waals surface area contributed by atoms with Crippen LogP contribution in [0.3, 0.4) is 0 Å². The molecule has 10 heteroatoms. The molecule has 0 radical (unpaired) electrons. The summed E-state index contributed by atoms with van der Waals surface area (Å²) in [6, 6.07) is 20.1. The second kappa shape index (κ2) is 13.1. The molecule has 0 aliphatic rings. The lowest BCUT2D eigenvalue weighted by Gasteiger charge is -2.32. The molecule has 202 valence electrons. The number of halogens is 2. The average molecular weight is 577 g/mol. The van der Waals surface area contributed by atoms with Crippen molar-refractivity contribution in [3.05, 3.63) is 94.5 Å². The summed E-state index contributed by atoms with van der Waals surface area (Å²) in [5.41, 5.74) is 0.947. The summed E-state index contributed by atoms with van der Waals surface area (Å²) in [4.78, 5) is 28.2. The van der Waals surface area contributed by atoms with Crippen LogP contribution >= 0.6 is 23.2 Å². The number of carbonyl (C=O) groups is 2. The lowest BCUT2D eigenvalue weighted by molar-refractivity contribution is -0.139. The standard InChI is InChI=1S/C28H31Cl2N3O4S/c1-4-20(2)31-28(35)21(3)32(18-22-10-8-9-13-26(22)30)27(34)19-33(24-11-6-5-7-12-24)38(36,37)25-16-14-23(29)15-17-25/h5-17,20-21H,4,18-19H2,1-3H3,(H,31,35)/t20-,21-/m0/s1. The summed E-state index contributed by atoms with van der Waals surface area (Å²) >= 11 is 12.3. The van der Waals surface area contributed by atoms with Crippen LogP contribution in [-0.2, 0) is 26.2 Å². The molecule has 1 N–H and O–H groups in total. The SMILES string of the molecule is CC[C@H](C)NC(=O)[C@H](C)N(Cc1ccccc1Cl)C(=O)CN(c1ccccc1)S(=O)(=O)c1ccc(Cl)cc1. The fourth-order valence-electron chi connectivity index (χ4n) is 3.72. The second-order valence-electron chi connectivity index (χ2n) is 8.91. The van der Waals surface area contributed by atoms with Gasteiger partial charge >= 0.3 is 0 Å². The summed E-state index contributed by atoms with van der Waals surface area (Å²) in [7, 11) is -4.15. The number of nitrogens with one attached hydrogen (secondary N) is 1. The Morgan fingerprint density at radius 2 is 1.50 bits per heavy atom. The van der Waals surface area contributed by atoms with E-state index in [1.807, 2.05) is 13.8 Å². The van der Waals surface area contributed by atoms with E-state index in [4.69, 9.17) is 23.2 Å². The number of para-hydroxylation sites is 1. The lowest BCUT2D eigenvalue weighted by Crippen LogP contribution is -2.52. The van der Waals surface area contributed by atoms with Crippen molar-refractivity contribution in [2.75, 3.05) is 10.8 Å². The minimum Gasteiger partial charge on any atom is -0.352 e. The number of amides is 2. The highest BCUT2D eigenvalue weighted by atomic mass is 35.5. The molecule has 3 aromatic carbocycles. The Kier molecular flexibility index (Phi) is 10.2. The Morgan fingerprint density at radius 1 is 0.895 bits per heavy atom. The third kappa shape index (κ3) is 7.28. The monoisotopic (exact) mass is 575 g/mol. The van der Waals surface area contributed by atoms with E-state index in [1.54, 1.807) is 61.5 Å². The van der Waals surface area contributed by atoms with Gasteiger partial charge in [0.25, 0.3) is 10.0 Å². The number of anilines is 1. The first-order chi connectivity index (χ1) is 18.0. The van der Waals surface area contributed by atoms with E-state index in [2.05, 4.69) is 5.32 Å². The fourth-order valence-corrected chi connectivity index (χ4v) is 5.45. The Bertz CT molecular complexity index is 1350. The van der Waals surface area contributed by atoms with Gasteiger partial charge in [-0.3, -0.25) is 13.9 Å². The lowest BCUT2D eigenvalue weighted by atomic mass is 10.1. The van der Waals surface area contributed by atoms with Gasteiger partial charge in [-0.25, -0.2) is 8.42 Å². The maximum absolute atomic E-state index is 13.9. The van der Waals surface area contributed by atoms with Crippen molar-refractivity contribution in [1.29, 1.82) is 0 Å². The molecule has 2 amide bonds. The Hall–Kier alpha value is -3.07. The van der Waals surface area contributed by atoms with Crippen LogP contribution in [-0.4, -0.2) is 43.8 Å². The molecule has 38 heavy (non-hydrogen) atoms. The summed E-state index contributed by atoms with van der Waals surface area (Å²) in [5.74, 6) is -0.898. The van der Waals surface area contributed by atoms with Crippen molar-refractivity contribution in [3.8, 4) is 0 Å². The zero-order valence-corrected chi connectivity index (χ0v) is 23.8. The third-order valence-corrected chi connectivity index (χ3v) is 8.60. The number of hydrogen-bond donors (Lipinski definition) is 1. The zero-order chi connectivity index (χ0) is 27.9. The summed E-state index contributed by atoms with van der Waals surface area (Å²) in [5, 5.41) is 3.73. The van der Waals surface area contributed by atoms with Gasteiger partial charge < -0.3 is 10.2 Å². The van der Waals surface area contributed by atoms with Gasteiger partial charge in [0, 0.05) is 22.6 Å². The van der Waals surface area contributed by atoms with E-state index in [9.17, 15) is 18.0 Å². The van der Waals surface area contributed by atoms with Crippen LogP contribution in [0.4, 0.5) is 5.69 Å². The maximum Gasteiger partial charge on any atom is 0.264 e. The van der Waals surface area contributed by atoms with Crippen LogP contribution in [0.25, 0.3) is 0 Å². The maximum atomic E-state index is 13.9. The highest BCUT2D eigenvalue weighted by Crippen LogP contribution is 2.26. The molecule has 0 spiro atoms. The zero-order valence-electron chi connectivity index (χ0n) is 21.5. The van der Waals surface area contributed by atoms with Gasteiger partial charge in [0.2, 0.25) is 11.8 Å². The molecule has 0 saturated carbocycles. The predicted octanol–water partition coefficient (Wildman–Crippen LogP) is 5.52. The van der Waals surface area contributed by atoms with Crippen molar-refractivity contribution < 1.29 is 18.0 Å². The molecular weight excluding hydrogens is 545 g/mol. The summed E-state index contributed by atoms with van der Waals surface area (Å²) in [6.07, 6.45) is 0.720. The van der Waals surface area contributed by atoms with Gasteiger partial charge in [-0.1, -0.05) is 66.5 Å². The molecule has 2 atom stereocenters. The smallest absolute Gasteiger partial charge is 0.264 e. The Morgan fingerprint density at radius 3 is 2.11 bits per heavy atom. The topological polar surface area (TPSA) is 86.8 Å². The first-order valence-corrected chi connectivity index (χ1v) is 14.4. The molecule has 3 rings (SSSR count). The number of sulfonamides is 1. The number of hydrogen-bond acceptors (Lipinski definition) is 4. The Balaban J connectivity index is 2.01. The second-order valence-corrected chi connectivity index (χ2v) is 11.6. The molecule has 0 unspecified atom stereocenters. The highest BCUT2D eigenvalue weighted by Gasteiger charge is 2.33. The molecular formula is C28H31Cl2N3O4S. The normalized spacial score (nSPS) is 12.9. The van der Waals surface area contributed by atoms with E-state index in [0.717, 1.165) is 10.7 Å². The molecule has 0 bridgehead atoms. The van der Waals surface area contributed by atoms with E-state index in [1.165, 1.54) is 29.2 Å². The number of carbonyl (C=O) groups excluding carboxylic acids is 2. The molecule has 0 aliphatic heterocycles. The van der Waals surface area contributed by atoms with Crippen LogP contribution < -0.4 is 9.62 Å². The predicted molar refractivity (Wildman–Crippen MR) is 152 cm³/mol. The van der Waals surface area contributed by atoms with Crippen molar-refractivity contribution in [2.24, 2.45) is 0 Å². The minimum atomic E-state index is -4.15. The quantitative estimate of drug-likeness (QED) is 0.326. The summed E-state index contributed by atoms with van der Waals surface area (Å²) < 4.78 is 28.5. The number of benzene rings is 3. The largest absolute Gasteiger partial charge is 0.352 e. The molecule has 0 heterocycles. The van der Waals surface area contributed by atoms with Gasteiger partial charge in [0.15, 0.2) is 0 Å². The van der Waals surface area contributed by atoms with Crippen molar-refractivity contribution in [1.82, 2.24) is 10.2 Å². The van der Waals surface area contributed by atoms with E-state index < -0.39 is 28.5 Å². The first-order valence-electron chi connectivity index (χ1n) is 12.2. The van der Waals surface area contributed by atoms with E-state index >= 15 is 0 Å². The molecule has 0 aromatic heterocycles. The van der Waals surface area contributed by atoms with Gasteiger partial charge in [-0.2, -0.15) is 0 Å². The molecule has 0 saturated heterocycles. The fraction of sp³-hybridized carbons (Fsp3) is 0.286. The highest BCUT2D eigenvalue weighted by molar-refractivity contribution is 7.92. The van der Waals surface area contributed by atoms with Crippen LogP contribution in [0.5, 0.6) is 0 Å². The van der Waals surface area contributed by atoms with Crippen LogP contribution in [0, 0.1) is 0 Å². The molecule has 7 nitrogen and oxygen atoms in total. The molecule has 0 aliphatic carbocycles. The third-order valence-electron chi connectivity index (χ3n) is 6.19. The number of rotatable bonds is 11. The van der Waals surface area contributed by atoms with Crippen LogP contribution in [0.1, 0.15) is 32.8 Å². The van der Waals surface area contributed by atoms with E-state index in [-0.39, 0.29) is 23.4 Å². The van der Waals surface area contributed by atoms with Crippen molar-refractivity contribution in [2.45, 2.75) is 50.7 Å². The van der Waals surface area contributed by atoms with E-state index in [0.29, 0.717) is 21.3 Å². The van der Waals surface area contributed by atoms with Crippen LogP contribution in [0.2, 0.25) is 10.0 Å². The van der Waals surface area contributed by atoms with Gasteiger partial charge in [0.05, 0.1) is 10.6 Å². The van der Waals surface area contributed by atoms with Crippen LogP contribution in [0.15, 0.2) is 83.8 Å². The van der Waals surface area contributed by atoms with Gasteiger partial charge in [-0.15, -0.1) is 0 Å². The Labute approximate surface area is 234 Å². The minimum absolute atomic E-state index is 0.0150. The van der Waals surface area contributed by atoms with Crippen molar-refractivity contribution in [3.63, 3.8) is 0 Å². The number of nitrogens with zero attached hydrogens (tertiary/aromatic N) is 2. The summed E-state index contributed by atoms with van der Waals surface area (Å²) in [6.45, 7) is 4.94. The van der Waals surface area contributed by atoms with Crippen molar-refractivity contribution >= 4 is 50.7 Å².